The zero-order chi connectivity index (χ0) is 15.3. The molecule has 0 aliphatic carbocycles. The minimum absolute atomic E-state index is 0.0728. The summed E-state index contributed by atoms with van der Waals surface area (Å²) in [6.45, 7) is 8.26. The lowest BCUT2D eigenvalue weighted by molar-refractivity contribution is -0.133. The Labute approximate surface area is 123 Å². The van der Waals surface area contributed by atoms with Crippen molar-refractivity contribution < 1.29 is 14.7 Å². The molecule has 1 aromatic rings. The maximum atomic E-state index is 12.0. The minimum atomic E-state index is -0.902. The van der Waals surface area contributed by atoms with Gasteiger partial charge in [0.05, 0.1) is 5.75 Å². The number of thioether (sulfide) groups is 1. The van der Waals surface area contributed by atoms with Gasteiger partial charge in [-0.1, -0.05) is 25.6 Å². The molecule has 2 N–H and O–H groups in total. The van der Waals surface area contributed by atoms with Crippen LogP contribution in [0.3, 0.4) is 0 Å². The molecule has 1 amide bonds. The third-order valence-corrected chi connectivity index (χ3v) is 3.78. The molecule has 1 atom stereocenters. The van der Waals surface area contributed by atoms with E-state index in [9.17, 15) is 9.59 Å². The molecule has 0 spiro atoms. The molecule has 1 rings (SSSR count). The molecule has 1 unspecified atom stereocenters. The Hall–Kier alpha value is -1.50. The van der Waals surface area contributed by atoms with Gasteiger partial charge in [0.1, 0.15) is 6.04 Å². The van der Waals surface area contributed by atoms with Gasteiger partial charge in [-0.2, -0.15) is 0 Å². The smallest absolute Gasteiger partial charge is 0.313 e. The maximum absolute atomic E-state index is 12.0. The second kappa shape index (κ2) is 7.33. The number of hydrogen-bond acceptors (Lipinski definition) is 4. The highest BCUT2D eigenvalue weighted by atomic mass is 32.2. The number of amides is 1. The second-order valence-corrected chi connectivity index (χ2v) is 5.69. The SMILES string of the molecule is CCNC(=O)C(C)n1c(C(C)C)cnc1SCC(=O)O. The van der Waals surface area contributed by atoms with Crippen LogP contribution in [-0.4, -0.2) is 38.8 Å². The van der Waals surface area contributed by atoms with Gasteiger partial charge < -0.3 is 15.0 Å². The lowest BCUT2D eigenvalue weighted by Gasteiger charge is -2.20. The summed E-state index contributed by atoms with van der Waals surface area (Å²) in [6, 6.07) is -0.411. The van der Waals surface area contributed by atoms with Crippen molar-refractivity contribution >= 4 is 23.6 Å². The summed E-state index contributed by atoms with van der Waals surface area (Å²) >= 11 is 1.13. The van der Waals surface area contributed by atoms with Gasteiger partial charge in [0.25, 0.3) is 0 Å². The Morgan fingerprint density at radius 1 is 1.45 bits per heavy atom. The van der Waals surface area contributed by atoms with E-state index in [0.717, 1.165) is 17.5 Å². The number of carbonyl (C=O) groups is 2. The third kappa shape index (κ3) is 4.00. The van der Waals surface area contributed by atoms with Crippen molar-refractivity contribution in [3.63, 3.8) is 0 Å². The molecule has 0 fully saturated rings. The van der Waals surface area contributed by atoms with E-state index in [1.54, 1.807) is 13.1 Å². The van der Waals surface area contributed by atoms with Crippen molar-refractivity contribution in [3.05, 3.63) is 11.9 Å². The van der Waals surface area contributed by atoms with Crippen LogP contribution in [0.4, 0.5) is 0 Å². The number of aromatic nitrogens is 2. The highest BCUT2D eigenvalue weighted by Crippen LogP contribution is 2.27. The van der Waals surface area contributed by atoms with Gasteiger partial charge in [0.2, 0.25) is 5.91 Å². The molecule has 0 radical (unpaired) electrons. The summed E-state index contributed by atoms with van der Waals surface area (Å²) in [5.41, 5.74) is 0.927. The number of carboxylic acids is 1. The van der Waals surface area contributed by atoms with Crippen LogP contribution in [0.2, 0.25) is 0 Å². The zero-order valence-electron chi connectivity index (χ0n) is 12.2. The highest BCUT2D eigenvalue weighted by Gasteiger charge is 2.23. The van der Waals surface area contributed by atoms with Gasteiger partial charge in [-0.05, 0) is 19.8 Å². The monoisotopic (exact) mass is 299 g/mol. The summed E-state index contributed by atoms with van der Waals surface area (Å²) in [5.74, 6) is -0.860. The van der Waals surface area contributed by atoms with Crippen LogP contribution in [0.25, 0.3) is 0 Å². The number of rotatable bonds is 7. The Balaban J connectivity index is 3.07. The minimum Gasteiger partial charge on any atom is -0.481 e. The standard InChI is InChI=1S/C13H21N3O3S/c1-5-14-12(19)9(4)16-10(8(2)3)6-15-13(16)20-7-11(17)18/h6,8-9H,5,7H2,1-4H3,(H,14,19)(H,17,18). The third-order valence-electron chi connectivity index (χ3n) is 2.83. The number of nitrogens with one attached hydrogen (secondary N) is 1. The molecule has 6 nitrogen and oxygen atoms in total. The van der Waals surface area contributed by atoms with Crippen LogP contribution in [0, 0.1) is 0 Å². The first kappa shape index (κ1) is 16.6. The van der Waals surface area contributed by atoms with Gasteiger partial charge in [-0.25, -0.2) is 4.98 Å². The molecule has 112 valence electrons. The molecule has 7 heteroatoms. The topological polar surface area (TPSA) is 84.2 Å². The molecule has 0 aromatic carbocycles. The lowest BCUT2D eigenvalue weighted by atomic mass is 10.1. The summed E-state index contributed by atoms with van der Waals surface area (Å²) in [6.07, 6.45) is 1.71. The van der Waals surface area contributed by atoms with Crippen LogP contribution in [0.5, 0.6) is 0 Å². The van der Waals surface area contributed by atoms with E-state index >= 15 is 0 Å². The van der Waals surface area contributed by atoms with Gasteiger partial charge in [-0.3, -0.25) is 9.59 Å². The van der Waals surface area contributed by atoms with E-state index in [0.29, 0.717) is 11.7 Å². The number of imidazole rings is 1. The predicted molar refractivity (Wildman–Crippen MR) is 78.1 cm³/mol. The summed E-state index contributed by atoms with van der Waals surface area (Å²) in [5, 5.41) is 12.1. The normalized spacial score (nSPS) is 12.4. The molecule has 0 bridgehead atoms. The Bertz CT molecular complexity index is 485. The first-order valence-electron chi connectivity index (χ1n) is 6.57. The van der Waals surface area contributed by atoms with Crippen LogP contribution in [-0.2, 0) is 9.59 Å². The average Bonchev–Trinajstić information content (AvgIpc) is 2.79. The largest absolute Gasteiger partial charge is 0.481 e. The molecular weight excluding hydrogens is 278 g/mol. The van der Waals surface area contributed by atoms with Crippen LogP contribution >= 0.6 is 11.8 Å². The predicted octanol–water partition coefficient (Wildman–Crippen LogP) is 1.88. The van der Waals surface area contributed by atoms with Crippen LogP contribution in [0.1, 0.15) is 45.3 Å². The van der Waals surface area contributed by atoms with Gasteiger partial charge in [0, 0.05) is 18.4 Å². The summed E-state index contributed by atoms with van der Waals surface area (Å²) in [7, 11) is 0. The zero-order valence-corrected chi connectivity index (χ0v) is 13.0. The van der Waals surface area contributed by atoms with Crippen molar-refractivity contribution in [2.75, 3.05) is 12.3 Å². The van der Waals surface area contributed by atoms with Crippen molar-refractivity contribution in [1.82, 2.24) is 14.9 Å². The van der Waals surface area contributed by atoms with Gasteiger partial charge >= 0.3 is 5.97 Å². The van der Waals surface area contributed by atoms with Crippen molar-refractivity contribution in [3.8, 4) is 0 Å². The lowest BCUT2D eigenvalue weighted by Crippen LogP contribution is -2.32. The molecule has 1 heterocycles. The number of nitrogens with zero attached hydrogens (tertiary/aromatic N) is 2. The van der Waals surface area contributed by atoms with Crippen molar-refractivity contribution in [2.45, 2.75) is 44.8 Å². The van der Waals surface area contributed by atoms with Crippen molar-refractivity contribution in [1.29, 1.82) is 0 Å². The van der Waals surface area contributed by atoms with Gasteiger partial charge in [0.15, 0.2) is 5.16 Å². The van der Waals surface area contributed by atoms with E-state index in [-0.39, 0.29) is 17.6 Å². The second-order valence-electron chi connectivity index (χ2n) is 4.74. The van der Waals surface area contributed by atoms with Gasteiger partial charge in [-0.15, -0.1) is 0 Å². The number of likely N-dealkylation sites (N-methyl/N-ethyl adjacent to an activating group) is 1. The highest BCUT2D eigenvalue weighted by molar-refractivity contribution is 7.99. The van der Waals surface area contributed by atoms with Crippen molar-refractivity contribution in [2.24, 2.45) is 0 Å². The fourth-order valence-electron chi connectivity index (χ4n) is 1.84. The van der Waals surface area contributed by atoms with E-state index in [4.69, 9.17) is 5.11 Å². The quantitative estimate of drug-likeness (QED) is 0.751. The molecule has 0 saturated carbocycles. The average molecular weight is 299 g/mol. The summed E-state index contributed by atoms with van der Waals surface area (Å²) in [4.78, 5) is 27.0. The molecule has 1 aromatic heterocycles. The Kier molecular flexibility index (Phi) is 6.06. The molecular formula is C13H21N3O3S. The van der Waals surface area contributed by atoms with Crippen LogP contribution < -0.4 is 5.32 Å². The molecule has 20 heavy (non-hydrogen) atoms. The number of aliphatic carboxylic acids is 1. The van der Waals surface area contributed by atoms with E-state index < -0.39 is 12.0 Å². The Morgan fingerprint density at radius 3 is 2.60 bits per heavy atom. The maximum Gasteiger partial charge on any atom is 0.313 e. The Morgan fingerprint density at radius 2 is 2.10 bits per heavy atom. The fraction of sp³-hybridized carbons (Fsp3) is 0.615. The number of carboxylic acid groups (broad SMARTS) is 1. The van der Waals surface area contributed by atoms with E-state index in [1.807, 2.05) is 25.3 Å². The first-order chi connectivity index (χ1) is 9.38. The molecule has 0 saturated heterocycles. The van der Waals surface area contributed by atoms with E-state index in [2.05, 4.69) is 10.3 Å². The first-order valence-corrected chi connectivity index (χ1v) is 7.56. The molecule has 0 aliphatic rings. The van der Waals surface area contributed by atoms with Crippen LogP contribution in [0.15, 0.2) is 11.4 Å². The fourth-order valence-corrected chi connectivity index (χ4v) is 2.63. The van der Waals surface area contributed by atoms with E-state index in [1.165, 1.54) is 0 Å². The number of carbonyl (C=O) groups excluding carboxylic acids is 1. The summed E-state index contributed by atoms with van der Waals surface area (Å²) < 4.78 is 1.82. The number of hydrogen-bond donors (Lipinski definition) is 2. The molecule has 0 aliphatic heterocycles.